The summed E-state index contributed by atoms with van der Waals surface area (Å²) in [5, 5.41) is 13.0. The zero-order chi connectivity index (χ0) is 14.1. The number of rotatable bonds is 6. The van der Waals surface area contributed by atoms with Crippen LogP contribution in [0.25, 0.3) is 0 Å². The van der Waals surface area contributed by atoms with Gasteiger partial charge < -0.3 is 10.8 Å². The Morgan fingerprint density at radius 2 is 2.11 bits per heavy atom. The van der Waals surface area contributed by atoms with Crippen molar-refractivity contribution in [2.24, 2.45) is 17.1 Å². The zero-order valence-corrected chi connectivity index (χ0v) is 13.1. The third-order valence-corrected chi connectivity index (χ3v) is 4.88. The second-order valence-corrected chi connectivity index (χ2v) is 8.01. The summed E-state index contributed by atoms with van der Waals surface area (Å²) in [5.74, 6) is 0.776. The Labute approximate surface area is 120 Å². The number of aliphatic hydroxyl groups excluding tert-OH is 1. The predicted molar refractivity (Wildman–Crippen MR) is 80.4 cm³/mol. The van der Waals surface area contributed by atoms with Crippen LogP contribution in [0.5, 0.6) is 0 Å². The Balaban J connectivity index is 2.10. The highest BCUT2D eigenvalue weighted by Crippen LogP contribution is 2.42. The van der Waals surface area contributed by atoms with E-state index in [0.717, 1.165) is 29.5 Å². The van der Waals surface area contributed by atoms with Crippen LogP contribution in [-0.2, 0) is 11.8 Å². The van der Waals surface area contributed by atoms with E-state index in [0.29, 0.717) is 6.54 Å². The summed E-state index contributed by atoms with van der Waals surface area (Å²) in [6, 6.07) is 0. The number of aliphatic hydroxyl groups is 1. The monoisotopic (exact) mass is 282 g/mol. The highest BCUT2D eigenvalue weighted by molar-refractivity contribution is 7.09. The molecule has 3 N–H and O–H groups in total. The molecule has 0 radical (unpaired) electrons. The maximum atomic E-state index is 9.78. The molecule has 1 aliphatic rings. The topological polar surface area (TPSA) is 59.1 Å². The molecule has 108 valence electrons. The zero-order valence-electron chi connectivity index (χ0n) is 12.3. The summed E-state index contributed by atoms with van der Waals surface area (Å²) < 4.78 is 0. The largest absolute Gasteiger partial charge is 0.396 e. The van der Waals surface area contributed by atoms with Crippen LogP contribution in [0.2, 0.25) is 0 Å². The minimum Gasteiger partial charge on any atom is -0.396 e. The molecule has 0 amide bonds. The van der Waals surface area contributed by atoms with E-state index in [9.17, 15) is 5.11 Å². The van der Waals surface area contributed by atoms with Gasteiger partial charge in [-0.3, -0.25) is 0 Å². The van der Waals surface area contributed by atoms with Gasteiger partial charge in [0.2, 0.25) is 0 Å². The van der Waals surface area contributed by atoms with Gasteiger partial charge in [-0.05, 0) is 12.3 Å². The lowest BCUT2D eigenvalue weighted by Gasteiger charge is -2.29. The summed E-state index contributed by atoms with van der Waals surface area (Å²) >= 11 is 1.70. The van der Waals surface area contributed by atoms with Crippen molar-refractivity contribution in [3.05, 3.63) is 16.1 Å². The first-order valence-electron chi connectivity index (χ1n) is 7.14. The maximum absolute atomic E-state index is 9.78. The van der Waals surface area contributed by atoms with Crippen LogP contribution in [-0.4, -0.2) is 23.2 Å². The van der Waals surface area contributed by atoms with E-state index in [1.807, 2.05) is 0 Å². The molecule has 1 atom stereocenters. The van der Waals surface area contributed by atoms with Crippen LogP contribution >= 0.6 is 11.3 Å². The van der Waals surface area contributed by atoms with Gasteiger partial charge in [0.1, 0.15) is 0 Å². The fourth-order valence-electron chi connectivity index (χ4n) is 2.40. The molecule has 1 heterocycles. The van der Waals surface area contributed by atoms with Gasteiger partial charge in [0.15, 0.2) is 0 Å². The summed E-state index contributed by atoms with van der Waals surface area (Å²) in [7, 11) is 0. The summed E-state index contributed by atoms with van der Waals surface area (Å²) in [6.07, 6.45) is 4.46. The van der Waals surface area contributed by atoms with E-state index in [-0.39, 0.29) is 17.4 Å². The lowest BCUT2D eigenvalue weighted by molar-refractivity contribution is 0.115. The minimum atomic E-state index is -0.159. The SMILES string of the molecule is CC(C)(C)c1csc(CC(CN)(CO)CC2CC2)n1. The molecule has 4 heteroatoms. The molecule has 0 aliphatic heterocycles. The predicted octanol–water partition coefficient (Wildman–Crippen LogP) is 2.72. The summed E-state index contributed by atoms with van der Waals surface area (Å²) in [4.78, 5) is 4.74. The first-order valence-corrected chi connectivity index (χ1v) is 8.02. The maximum Gasteiger partial charge on any atom is 0.0935 e. The normalized spacial score (nSPS) is 19.4. The Kier molecular flexibility index (Phi) is 4.33. The van der Waals surface area contributed by atoms with Gasteiger partial charge in [-0.1, -0.05) is 33.6 Å². The number of nitrogens with zero attached hydrogens (tertiary/aromatic N) is 1. The van der Waals surface area contributed by atoms with Gasteiger partial charge in [-0.2, -0.15) is 0 Å². The average molecular weight is 282 g/mol. The Morgan fingerprint density at radius 1 is 1.42 bits per heavy atom. The number of aromatic nitrogens is 1. The van der Waals surface area contributed by atoms with Gasteiger partial charge in [-0.15, -0.1) is 11.3 Å². The highest BCUT2D eigenvalue weighted by atomic mass is 32.1. The first kappa shape index (κ1) is 14.9. The van der Waals surface area contributed by atoms with Crippen LogP contribution in [0.15, 0.2) is 5.38 Å². The van der Waals surface area contributed by atoms with Crippen LogP contribution in [0.3, 0.4) is 0 Å². The standard InChI is InChI=1S/C15H26N2OS/c1-14(2,3)12-8-19-13(17-12)7-15(9-16,10-18)6-11-4-5-11/h8,11,18H,4-7,9-10,16H2,1-3H3. The van der Waals surface area contributed by atoms with E-state index < -0.39 is 0 Å². The molecule has 19 heavy (non-hydrogen) atoms. The van der Waals surface area contributed by atoms with E-state index in [1.165, 1.54) is 12.8 Å². The van der Waals surface area contributed by atoms with Gasteiger partial charge in [0.25, 0.3) is 0 Å². The Bertz CT molecular complexity index is 414. The van der Waals surface area contributed by atoms with E-state index in [2.05, 4.69) is 26.2 Å². The number of nitrogens with two attached hydrogens (primary N) is 1. The van der Waals surface area contributed by atoms with Crippen LogP contribution in [0.4, 0.5) is 0 Å². The van der Waals surface area contributed by atoms with Gasteiger partial charge in [0, 0.05) is 29.2 Å². The smallest absolute Gasteiger partial charge is 0.0935 e. The third kappa shape index (κ3) is 3.77. The first-order chi connectivity index (χ1) is 8.88. The molecule has 0 spiro atoms. The third-order valence-electron chi connectivity index (χ3n) is 4.03. The van der Waals surface area contributed by atoms with Crippen molar-refractivity contribution in [1.82, 2.24) is 4.98 Å². The molecule has 1 unspecified atom stereocenters. The Morgan fingerprint density at radius 3 is 2.53 bits per heavy atom. The van der Waals surface area contributed by atoms with Gasteiger partial charge in [0.05, 0.1) is 17.3 Å². The fourth-order valence-corrected chi connectivity index (χ4v) is 3.60. The van der Waals surface area contributed by atoms with Crippen molar-refractivity contribution in [2.75, 3.05) is 13.2 Å². The molecular weight excluding hydrogens is 256 g/mol. The van der Waals surface area contributed by atoms with Crippen molar-refractivity contribution in [3.63, 3.8) is 0 Å². The molecule has 1 aliphatic carbocycles. The molecule has 0 saturated heterocycles. The lowest BCUT2D eigenvalue weighted by atomic mass is 9.80. The molecule has 0 aromatic carbocycles. The summed E-state index contributed by atoms with van der Waals surface area (Å²) in [6.45, 7) is 7.25. The number of hydrogen-bond acceptors (Lipinski definition) is 4. The molecule has 1 saturated carbocycles. The van der Waals surface area contributed by atoms with Gasteiger partial charge >= 0.3 is 0 Å². The number of hydrogen-bond donors (Lipinski definition) is 2. The van der Waals surface area contributed by atoms with E-state index >= 15 is 0 Å². The quantitative estimate of drug-likeness (QED) is 0.843. The molecular formula is C15H26N2OS. The minimum absolute atomic E-state index is 0.0931. The highest BCUT2D eigenvalue weighted by Gasteiger charge is 2.36. The second kappa shape index (κ2) is 5.51. The van der Waals surface area contributed by atoms with Crippen LogP contribution in [0, 0.1) is 11.3 Å². The second-order valence-electron chi connectivity index (χ2n) is 7.06. The van der Waals surface area contributed by atoms with Crippen LogP contribution < -0.4 is 5.73 Å². The molecule has 1 fully saturated rings. The Hall–Kier alpha value is -0.450. The molecule has 2 rings (SSSR count). The molecule has 3 nitrogen and oxygen atoms in total. The van der Waals surface area contributed by atoms with Crippen LogP contribution in [0.1, 0.15) is 50.7 Å². The van der Waals surface area contributed by atoms with Crippen molar-refractivity contribution < 1.29 is 5.11 Å². The van der Waals surface area contributed by atoms with Crippen molar-refractivity contribution in [2.45, 2.75) is 51.9 Å². The fraction of sp³-hybridized carbons (Fsp3) is 0.800. The summed E-state index contributed by atoms with van der Waals surface area (Å²) in [5.41, 5.74) is 7.03. The van der Waals surface area contributed by atoms with Crippen molar-refractivity contribution in [3.8, 4) is 0 Å². The van der Waals surface area contributed by atoms with Crippen molar-refractivity contribution in [1.29, 1.82) is 0 Å². The van der Waals surface area contributed by atoms with E-state index in [4.69, 9.17) is 10.7 Å². The molecule has 1 aromatic rings. The van der Waals surface area contributed by atoms with E-state index in [1.54, 1.807) is 11.3 Å². The lowest BCUT2D eigenvalue weighted by Crippen LogP contribution is -2.37. The molecule has 1 aromatic heterocycles. The molecule has 0 bridgehead atoms. The van der Waals surface area contributed by atoms with Gasteiger partial charge in [-0.25, -0.2) is 4.98 Å². The average Bonchev–Trinajstić information content (AvgIpc) is 3.02. The van der Waals surface area contributed by atoms with Crippen molar-refractivity contribution >= 4 is 11.3 Å². The number of thiazole rings is 1.